The highest BCUT2D eigenvalue weighted by molar-refractivity contribution is 7.80. The van der Waals surface area contributed by atoms with Crippen LogP contribution < -0.4 is 15.4 Å². The average Bonchev–Trinajstić information content (AvgIpc) is 2.99. The van der Waals surface area contributed by atoms with Crippen molar-refractivity contribution in [2.75, 3.05) is 12.4 Å². The first kappa shape index (κ1) is 17.8. The Kier molecular flexibility index (Phi) is 6.19. The van der Waals surface area contributed by atoms with Gasteiger partial charge in [-0.15, -0.1) is 5.10 Å². The lowest BCUT2D eigenvalue weighted by Gasteiger charge is -2.11. The molecule has 0 aliphatic rings. The fraction of sp³-hybridized carbons (Fsp3) is 0.400. The zero-order valence-corrected chi connectivity index (χ0v) is 14.7. The molecule has 0 saturated heterocycles. The number of rotatable bonds is 6. The van der Waals surface area contributed by atoms with Crippen molar-refractivity contribution in [1.29, 1.82) is 0 Å². The van der Waals surface area contributed by atoms with Crippen LogP contribution in [0.2, 0.25) is 0 Å². The van der Waals surface area contributed by atoms with Gasteiger partial charge in [-0.3, -0.25) is 15.4 Å². The Morgan fingerprint density at radius 2 is 2.21 bits per heavy atom. The van der Waals surface area contributed by atoms with E-state index in [4.69, 9.17) is 17.0 Å². The highest BCUT2D eigenvalue weighted by atomic mass is 32.1. The van der Waals surface area contributed by atoms with Gasteiger partial charge in [0.1, 0.15) is 5.75 Å². The topological polar surface area (TPSA) is 94.0 Å². The van der Waals surface area contributed by atoms with Crippen LogP contribution in [0.3, 0.4) is 0 Å². The van der Waals surface area contributed by atoms with Crippen molar-refractivity contribution < 1.29 is 9.53 Å². The van der Waals surface area contributed by atoms with E-state index in [1.807, 2.05) is 13.0 Å². The molecule has 1 aromatic carbocycles. The van der Waals surface area contributed by atoms with Gasteiger partial charge in [-0.2, -0.15) is 4.80 Å². The number of carbonyl (C=O) groups is 1. The second-order valence-electron chi connectivity index (χ2n) is 5.13. The largest absolute Gasteiger partial charge is 0.496 e. The van der Waals surface area contributed by atoms with E-state index in [2.05, 4.69) is 33.0 Å². The predicted octanol–water partition coefficient (Wildman–Crippen LogP) is 1.92. The number of aryl methyl sites for hydroxylation is 2. The van der Waals surface area contributed by atoms with Crippen molar-refractivity contribution in [3.63, 3.8) is 0 Å². The van der Waals surface area contributed by atoms with E-state index in [0.29, 0.717) is 17.9 Å². The summed E-state index contributed by atoms with van der Waals surface area (Å²) in [7, 11) is 1.52. The Labute approximate surface area is 145 Å². The summed E-state index contributed by atoms with van der Waals surface area (Å²) in [5.41, 5.74) is 1.27. The Morgan fingerprint density at radius 1 is 1.42 bits per heavy atom. The zero-order valence-electron chi connectivity index (χ0n) is 13.9. The molecule has 0 atom stereocenters. The second-order valence-corrected chi connectivity index (χ2v) is 5.53. The fourth-order valence-corrected chi connectivity index (χ4v) is 2.28. The number of hydrogen-bond acceptors (Lipinski definition) is 6. The maximum atomic E-state index is 12.3. The molecule has 1 heterocycles. The lowest BCUT2D eigenvalue weighted by atomic mass is 10.1. The summed E-state index contributed by atoms with van der Waals surface area (Å²) >= 11 is 5.12. The molecule has 1 amide bonds. The van der Waals surface area contributed by atoms with Gasteiger partial charge in [0.25, 0.3) is 11.9 Å². The summed E-state index contributed by atoms with van der Waals surface area (Å²) in [6.07, 6.45) is 2.00. The Morgan fingerprint density at radius 3 is 2.92 bits per heavy atom. The predicted molar refractivity (Wildman–Crippen MR) is 94.1 cm³/mol. The number of tetrazole rings is 1. The van der Waals surface area contributed by atoms with Gasteiger partial charge in [0.05, 0.1) is 19.2 Å². The molecule has 24 heavy (non-hydrogen) atoms. The molecule has 0 unspecified atom stereocenters. The van der Waals surface area contributed by atoms with Crippen LogP contribution in [0, 0.1) is 6.92 Å². The number of hydrogen-bond donors (Lipinski definition) is 2. The van der Waals surface area contributed by atoms with Crippen LogP contribution in [0.1, 0.15) is 35.7 Å². The molecule has 2 N–H and O–H groups in total. The molecule has 0 bridgehead atoms. The number of anilines is 1. The first-order chi connectivity index (χ1) is 11.5. The number of aromatic nitrogens is 4. The van der Waals surface area contributed by atoms with Gasteiger partial charge in [0.15, 0.2) is 5.11 Å². The Hall–Kier alpha value is -2.55. The molecular weight excluding hydrogens is 328 g/mol. The Bertz CT molecular complexity index is 731. The molecule has 0 saturated carbocycles. The smallest absolute Gasteiger partial charge is 0.269 e. The molecular formula is C15H20N6O2S. The summed E-state index contributed by atoms with van der Waals surface area (Å²) < 4.78 is 5.28. The number of amides is 1. The number of unbranched alkanes of at least 4 members (excludes halogenated alkanes) is 1. The molecule has 0 aliphatic carbocycles. The van der Waals surface area contributed by atoms with E-state index in [9.17, 15) is 4.79 Å². The number of nitrogens with one attached hydrogen (secondary N) is 2. The van der Waals surface area contributed by atoms with E-state index in [0.717, 1.165) is 18.4 Å². The summed E-state index contributed by atoms with van der Waals surface area (Å²) in [6, 6.07) is 5.32. The van der Waals surface area contributed by atoms with Gasteiger partial charge >= 0.3 is 0 Å². The minimum atomic E-state index is -0.369. The van der Waals surface area contributed by atoms with Crippen LogP contribution in [-0.2, 0) is 6.54 Å². The van der Waals surface area contributed by atoms with Crippen molar-refractivity contribution in [2.24, 2.45) is 0 Å². The molecule has 128 valence electrons. The number of methoxy groups -OCH3 is 1. The third-order valence-corrected chi connectivity index (χ3v) is 3.48. The van der Waals surface area contributed by atoms with Crippen LogP contribution in [0.15, 0.2) is 18.2 Å². The van der Waals surface area contributed by atoms with E-state index < -0.39 is 0 Å². The van der Waals surface area contributed by atoms with Gasteiger partial charge in [-0.1, -0.05) is 30.6 Å². The lowest BCUT2D eigenvalue weighted by molar-refractivity contribution is 0.0974. The minimum absolute atomic E-state index is 0.0959. The zero-order chi connectivity index (χ0) is 17.5. The monoisotopic (exact) mass is 348 g/mol. The van der Waals surface area contributed by atoms with Gasteiger partial charge < -0.3 is 4.74 Å². The Balaban J connectivity index is 1.98. The second kappa shape index (κ2) is 8.34. The van der Waals surface area contributed by atoms with Gasteiger partial charge in [0.2, 0.25) is 0 Å². The third-order valence-electron chi connectivity index (χ3n) is 3.28. The van der Waals surface area contributed by atoms with Crippen LogP contribution in [0.5, 0.6) is 5.75 Å². The summed E-state index contributed by atoms with van der Waals surface area (Å²) in [4.78, 5) is 13.8. The molecule has 0 aliphatic heterocycles. The van der Waals surface area contributed by atoms with E-state index in [1.165, 1.54) is 11.9 Å². The molecule has 0 fully saturated rings. The molecule has 1 aromatic heterocycles. The van der Waals surface area contributed by atoms with Crippen LogP contribution >= 0.6 is 12.2 Å². The first-order valence-electron chi connectivity index (χ1n) is 7.59. The summed E-state index contributed by atoms with van der Waals surface area (Å²) in [5.74, 6) is 0.389. The lowest BCUT2D eigenvalue weighted by Crippen LogP contribution is -2.34. The SMILES string of the molecule is CCCCn1nnc(NC(=S)NC(=O)c2cccc(C)c2OC)n1. The maximum absolute atomic E-state index is 12.3. The van der Waals surface area contributed by atoms with Crippen LogP contribution in [0.25, 0.3) is 0 Å². The number of nitrogens with zero attached hydrogens (tertiary/aromatic N) is 4. The van der Waals surface area contributed by atoms with Crippen molar-refractivity contribution in [3.05, 3.63) is 29.3 Å². The van der Waals surface area contributed by atoms with Crippen molar-refractivity contribution in [1.82, 2.24) is 25.5 Å². The molecule has 2 aromatic rings. The van der Waals surface area contributed by atoms with E-state index in [1.54, 1.807) is 12.1 Å². The van der Waals surface area contributed by atoms with Gasteiger partial charge in [-0.25, -0.2) is 0 Å². The van der Waals surface area contributed by atoms with E-state index in [-0.39, 0.29) is 17.0 Å². The van der Waals surface area contributed by atoms with Crippen LogP contribution in [-0.4, -0.2) is 38.3 Å². The maximum Gasteiger partial charge on any atom is 0.269 e. The number of ether oxygens (including phenoxy) is 1. The molecule has 9 heteroatoms. The molecule has 0 spiro atoms. The van der Waals surface area contributed by atoms with Crippen molar-refractivity contribution in [2.45, 2.75) is 33.2 Å². The number of thiocarbonyl (C=S) groups is 1. The summed E-state index contributed by atoms with van der Waals surface area (Å²) in [5, 5.41) is 17.3. The standard InChI is InChI=1S/C15H20N6O2S/c1-4-5-9-21-19-14(18-20-21)17-15(24)16-13(22)11-8-6-7-10(2)12(11)23-3/h6-8H,4-5,9H2,1-3H3,(H2,16,17,19,22,24). The van der Waals surface area contributed by atoms with Gasteiger partial charge in [0, 0.05) is 0 Å². The van der Waals surface area contributed by atoms with Gasteiger partial charge in [-0.05, 0) is 42.4 Å². The molecule has 2 rings (SSSR count). The third kappa shape index (κ3) is 4.48. The van der Waals surface area contributed by atoms with E-state index >= 15 is 0 Å². The number of carbonyl (C=O) groups excluding carboxylic acids is 1. The average molecular weight is 348 g/mol. The molecule has 0 radical (unpaired) electrons. The number of para-hydroxylation sites is 1. The first-order valence-corrected chi connectivity index (χ1v) is 7.99. The van der Waals surface area contributed by atoms with Crippen molar-refractivity contribution >= 4 is 29.2 Å². The fourth-order valence-electron chi connectivity index (χ4n) is 2.09. The normalized spacial score (nSPS) is 10.3. The van der Waals surface area contributed by atoms with Crippen molar-refractivity contribution in [3.8, 4) is 5.75 Å². The summed E-state index contributed by atoms with van der Waals surface area (Å²) in [6.45, 7) is 4.63. The molecule has 8 nitrogen and oxygen atoms in total. The van der Waals surface area contributed by atoms with Crippen LogP contribution in [0.4, 0.5) is 5.95 Å². The minimum Gasteiger partial charge on any atom is -0.496 e. The number of benzene rings is 1. The highest BCUT2D eigenvalue weighted by Gasteiger charge is 2.15. The highest BCUT2D eigenvalue weighted by Crippen LogP contribution is 2.22. The quantitative estimate of drug-likeness (QED) is 0.770.